The summed E-state index contributed by atoms with van der Waals surface area (Å²) in [7, 11) is 5.41. The van der Waals surface area contributed by atoms with Crippen LogP contribution in [0.3, 0.4) is 0 Å². The van der Waals surface area contributed by atoms with E-state index in [0.29, 0.717) is 19.8 Å². The van der Waals surface area contributed by atoms with E-state index in [2.05, 4.69) is 36.0 Å². The Bertz CT molecular complexity index is 907. The van der Waals surface area contributed by atoms with Gasteiger partial charge in [0.2, 0.25) is 0 Å². The Morgan fingerprint density at radius 1 is 1.07 bits per heavy atom. The van der Waals surface area contributed by atoms with E-state index >= 15 is 0 Å². The minimum absolute atomic E-state index is 0.116. The van der Waals surface area contributed by atoms with Gasteiger partial charge in [0.05, 0.1) is 30.8 Å². The van der Waals surface area contributed by atoms with E-state index in [1.54, 1.807) is 14.2 Å². The number of hydrogen-bond donors (Lipinski definition) is 1. The average Bonchev–Trinajstić information content (AvgIpc) is 3.06. The highest BCUT2D eigenvalue weighted by molar-refractivity contribution is 5.75. The molecule has 0 radical (unpaired) electrons. The van der Waals surface area contributed by atoms with Crippen molar-refractivity contribution in [2.24, 2.45) is 7.05 Å². The smallest absolute Gasteiger partial charge is 0.161 e. The van der Waals surface area contributed by atoms with E-state index in [9.17, 15) is 0 Å². The summed E-state index contributed by atoms with van der Waals surface area (Å²) >= 11 is 0. The molecule has 6 heteroatoms. The highest BCUT2D eigenvalue weighted by atomic mass is 16.5. The Labute approximate surface area is 166 Å². The third-order valence-corrected chi connectivity index (χ3v) is 4.80. The van der Waals surface area contributed by atoms with E-state index in [1.165, 1.54) is 0 Å². The molecule has 0 saturated carbocycles. The maximum Gasteiger partial charge on any atom is 0.161 e. The molecule has 0 aliphatic carbocycles. The number of nitrogens with zero attached hydrogens (tertiary/aromatic N) is 2. The molecule has 1 unspecified atom stereocenters. The van der Waals surface area contributed by atoms with Gasteiger partial charge < -0.3 is 24.1 Å². The molecule has 0 spiro atoms. The van der Waals surface area contributed by atoms with Crippen LogP contribution in [0.15, 0.2) is 42.5 Å². The van der Waals surface area contributed by atoms with Gasteiger partial charge in [0.25, 0.3) is 0 Å². The number of para-hydroxylation sites is 2. The van der Waals surface area contributed by atoms with Crippen LogP contribution in [0.4, 0.5) is 0 Å². The predicted molar refractivity (Wildman–Crippen MR) is 111 cm³/mol. The van der Waals surface area contributed by atoms with E-state index < -0.39 is 0 Å². The Kier molecular flexibility index (Phi) is 6.90. The molecule has 0 saturated heterocycles. The molecule has 1 aromatic heterocycles. The number of methoxy groups -OCH3 is 2. The fourth-order valence-electron chi connectivity index (χ4n) is 3.24. The molecule has 28 heavy (non-hydrogen) atoms. The average molecular weight is 383 g/mol. The first-order chi connectivity index (χ1) is 13.6. The zero-order valence-electron chi connectivity index (χ0n) is 17.1. The number of benzene rings is 2. The lowest BCUT2D eigenvalue weighted by molar-refractivity contribution is 0.170. The Morgan fingerprint density at radius 2 is 1.89 bits per heavy atom. The van der Waals surface area contributed by atoms with Crippen LogP contribution in [0.1, 0.15) is 30.8 Å². The fourth-order valence-corrected chi connectivity index (χ4v) is 3.24. The van der Waals surface area contributed by atoms with Crippen LogP contribution in [0, 0.1) is 0 Å². The van der Waals surface area contributed by atoms with Crippen LogP contribution in [0.25, 0.3) is 11.0 Å². The van der Waals surface area contributed by atoms with Crippen LogP contribution in [0.5, 0.6) is 11.5 Å². The molecule has 150 valence electrons. The first kappa shape index (κ1) is 20.2. The Morgan fingerprint density at radius 3 is 2.64 bits per heavy atom. The van der Waals surface area contributed by atoms with Gasteiger partial charge in [0.1, 0.15) is 5.82 Å². The maximum atomic E-state index is 5.87. The highest BCUT2D eigenvalue weighted by Crippen LogP contribution is 2.28. The van der Waals surface area contributed by atoms with Gasteiger partial charge in [0, 0.05) is 33.7 Å². The van der Waals surface area contributed by atoms with Crippen molar-refractivity contribution in [1.29, 1.82) is 0 Å². The summed E-state index contributed by atoms with van der Waals surface area (Å²) in [6, 6.07) is 14.3. The molecule has 2 aromatic carbocycles. The Hall–Kier alpha value is -2.57. The van der Waals surface area contributed by atoms with Crippen molar-refractivity contribution in [2.45, 2.75) is 25.9 Å². The molecule has 0 aliphatic rings. The van der Waals surface area contributed by atoms with Crippen LogP contribution in [-0.2, 0) is 18.3 Å². The molecule has 0 fully saturated rings. The molecule has 1 heterocycles. The predicted octanol–water partition coefficient (Wildman–Crippen LogP) is 3.85. The van der Waals surface area contributed by atoms with Crippen molar-refractivity contribution < 1.29 is 14.2 Å². The number of fused-ring (bicyclic) bond motifs is 1. The van der Waals surface area contributed by atoms with Crippen molar-refractivity contribution in [2.75, 3.05) is 27.4 Å². The summed E-state index contributed by atoms with van der Waals surface area (Å²) in [5.41, 5.74) is 3.29. The van der Waals surface area contributed by atoms with Crippen molar-refractivity contribution in [3.63, 3.8) is 0 Å². The third kappa shape index (κ3) is 4.64. The van der Waals surface area contributed by atoms with Crippen LogP contribution >= 0.6 is 0 Å². The first-order valence-electron chi connectivity index (χ1n) is 9.57. The van der Waals surface area contributed by atoms with Gasteiger partial charge >= 0.3 is 0 Å². The quantitative estimate of drug-likeness (QED) is 0.539. The number of imidazole rings is 1. The monoisotopic (exact) mass is 383 g/mol. The van der Waals surface area contributed by atoms with E-state index in [1.807, 2.05) is 30.3 Å². The van der Waals surface area contributed by atoms with Gasteiger partial charge in [-0.15, -0.1) is 0 Å². The molecule has 3 aromatic rings. The topological polar surface area (TPSA) is 57.5 Å². The van der Waals surface area contributed by atoms with Crippen molar-refractivity contribution >= 4 is 11.0 Å². The highest BCUT2D eigenvalue weighted by Gasteiger charge is 2.14. The number of aromatic nitrogens is 2. The van der Waals surface area contributed by atoms with Gasteiger partial charge in [-0.3, -0.25) is 0 Å². The number of hydrogen-bond acceptors (Lipinski definition) is 5. The second-order valence-electron chi connectivity index (χ2n) is 6.80. The third-order valence-electron chi connectivity index (χ3n) is 4.80. The second-order valence-corrected chi connectivity index (χ2v) is 6.80. The largest absolute Gasteiger partial charge is 0.493 e. The van der Waals surface area contributed by atoms with Crippen molar-refractivity contribution in [1.82, 2.24) is 14.9 Å². The summed E-state index contributed by atoms with van der Waals surface area (Å²) in [6.07, 6.45) is 0.839. The van der Waals surface area contributed by atoms with Crippen LogP contribution < -0.4 is 14.8 Å². The lowest BCUT2D eigenvalue weighted by Crippen LogP contribution is -2.21. The molecular formula is C22H29N3O3. The zero-order valence-corrected chi connectivity index (χ0v) is 17.1. The van der Waals surface area contributed by atoms with Crippen molar-refractivity contribution in [3.05, 3.63) is 53.9 Å². The van der Waals surface area contributed by atoms with Crippen LogP contribution in [-0.4, -0.2) is 37.0 Å². The van der Waals surface area contributed by atoms with Crippen molar-refractivity contribution in [3.8, 4) is 11.5 Å². The summed E-state index contributed by atoms with van der Waals surface area (Å²) < 4.78 is 18.5. The summed E-state index contributed by atoms with van der Waals surface area (Å²) in [6.45, 7) is 4.12. The molecule has 3 rings (SSSR count). The minimum atomic E-state index is 0.116. The van der Waals surface area contributed by atoms with E-state index in [-0.39, 0.29) is 6.04 Å². The number of nitrogens with one attached hydrogen (secondary N) is 1. The van der Waals surface area contributed by atoms with Gasteiger partial charge in [-0.25, -0.2) is 4.98 Å². The summed E-state index contributed by atoms with van der Waals surface area (Å²) in [4.78, 5) is 4.77. The van der Waals surface area contributed by atoms with E-state index in [4.69, 9.17) is 19.2 Å². The fraction of sp³-hybridized carbons (Fsp3) is 0.409. The number of ether oxygens (including phenoxy) is 3. The van der Waals surface area contributed by atoms with Gasteiger partial charge in [-0.1, -0.05) is 18.2 Å². The number of aryl methyl sites for hydroxylation is 1. The Balaban J connectivity index is 1.66. The first-order valence-corrected chi connectivity index (χ1v) is 9.57. The second kappa shape index (κ2) is 9.57. The normalized spacial score (nSPS) is 12.3. The van der Waals surface area contributed by atoms with E-state index in [0.717, 1.165) is 40.3 Å². The molecular weight excluding hydrogens is 354 g/mol. The molecule has 1 N–H and O–H groups in total. The molecule has 1 atom stereocenters. The van der Waals surface area contributed by atoms with Gasteiger partial charge in [-0.2, -0.15) is 0 Å². The molecule has 6 nitrogen and oxygen atoms in total. The molecule has 0 aliphatic heterocycles. The maximum absolute atomic E-state index is 5.87. The molecule has 0 amide bonds. The number of rotatable bonds is 10. The standard InChI is InChI=1S/C22H29N3O3/c1-16(22-24-18-8-5-6-9-19(18)25(22)2)23-15-17-10-11-20(27-4)21(14-17)28-13-7-12-26-3/h5-6,8-11,14,16,23H,7,12-13,15H2,1-4H3. The minimum Gasteiger partial charge on any atom is -0.493 e. The lowest BCUT2D eigenvalue weighted by atomic mass is 10.2. The SMILES string of the molecule is COCCCOc1cc(CNC(C)c2nc3ccccc3n2C)ccc1OC. The zero-order chi connectivity index (χ0) is 19.9. The van der Waals surface area contributed by atoms with Gasteiger partial charge in [0.15, 0.2) is 11.5 Å². The summed E-state index contributed by atoms with van der Waals surface area (Å²) in [5, 5.41) is 3.56. The molecule has 0 bridgehead atoms. The van der Waals surface area contributed by atoms with Gasteiger partial charge in [-0.05, 0) is 36.8 Å². The van der Waals surface area contributed by atoms with Crippen LogP contribution in [0.2, 0.25) is 0 Å². The lowest BCUT2D eigenvalue weighted by Gasteiger charge is -2.16. The summed E-state index contributed by atoms with van der Waals surface area (Å²) in [5.74, 6) is 2.52.